The van der Waals surface area contributed by atoms with Crippen LogP contribution in [-0.2, 0) is 19.3 Å². The molecule has 2 N–H and O–H groups in total. The highest BCUT2D eigenvalue weighted by molar-refractivity contribution is 5.27. The predicted octanol–water partition coefficient (Wildman–Crippen LogP) is 1.83. The summed E-state index contributed by atoms with van der Waals surface area (Å²) in [5.74, 6) is 0.815. The molecule has 2 aliphatic rings. The second kappa shape index (κ2) is 4.58. The molecule has 16 heavy (non-hydrogen) atoms. The van der Waals surface area contributed by atoms with Gasteiger partial charge in [0.2, 0.25) is 0 Å². The van der Waals surface area contributed by atoms with Gasteiger partial charge >= 0.3 is 0 Å². The molecule has 1 aliphatic carbocycles. The number of aromatic amines is 1. The van der Waals surface area contributed by atoms with Crippen LogP contribution in [0.15, 0.2) is 0 Å². The van der Waals surface area contributed by atoms with Crippen molar-refractivity contribution in [2.75, 3.05) is 13.1 Å². The van der Waals surface area contributed by atoms with E-state index in [2.05, 4.69) is 15.5 Å². The molecular formula is C13H21N3. The van der Waals surface area contributed by atoms with Gasteiger partial charge in [0, 0.05) is 5.69 Å². The SMILES string of the molecule is C1CCc2[nH]nc(CC3CCNC3)c2CC1. The molecule has 1 saturated heterocycles. The van der Waals surface area contributed by atoms with Gasteiger partial charge in [-0.05, 0) is 63.1 Å². The number of H-pyrrole nitrogens is 1. The van der Waals surface area contributed by atoms with E-state index in [0.717, 1.165) is 5.92 Å². The van der Waals surface area contributed by atoms with Crippen LogP contribution in [0.3, 0.4) is 0 Å². The van der Waals surface area contributed by atoms with E-state index in [1.54, 1.807) is 5.56 Å². The van der Waals surface area contributed by atoms with Crippen molar-refractivity contribution in [3.05, 3.63) is 17.0 Å². The van der Waals surface area contributed by atoms with Gasteiger partial charge in [0.15, 0.2) is 0 Å². The minimum atomic E-state index is 0.815. The minimum Gasteiger partial charge on any atom is -0.316 e. The number of aryl methyl sites for hydroxylation is 1. The summed E-state index contributed by atoms with van der Waals surface area (Å²) in [5.41, 5.74) is 4.36. The molecule has 1 aromatic heterocycles. The zero-order chi connectivity index (χ0) is 10.8. The van der Waals surface area contributed by atoms with Gasteiger partial charge in [-0.3, -0.25) is 5.10 Å². The first-order valence-electron chi connectivity index (χ1n) is 6.69. The monoisotopic (exact) mass is 219 g/mol. The summed E-state index contributed by atoms with van der Waals surface area (Å²) >= 11 is 0. The minimum absolute atomic E-state index is 0.815. The molecule has 2 heterocycles. The normalized spacial score (nSPS) is 25.4. The molecule has 1 atom stereocenters. The quantitative estimate of drug-likeness (QED) is 0.745. The van der Waals surface area contributed by atoms with Crippen LogP contribution in [0.25, 0.3) is 0 Å². The largest absolute Gasteiger partial charge is 0.316 e. The van der Waals surface area contributed by atoms with Crippen LogP contribution >= 0.6 is 0 Å². The maximum Gasteiger partial charge on any atom is 0.0660 e. The molecule has 0 amide bonds. The summed E-state index contributed by atoms with van der Waals surface area (Å²) < 4.78 is 0. The van der Waals surface area contributed by atoms with E-state index in [1.165, 1.54) is 69.4 Å². The Balaban J connectivity index is 1.76. The van der Waals surface area contributed by atoms with Gasteiger partial charge in [0.1, 0.15) is 0 Å². The van der Waals surface area contributed by atoms with Crippen molar-refractivity contribution in [1.29, 1.82) is 0 Å². The van der Waals surface area contributed by atoms with Gasteiger partial charge in [-0.2, -0.15) is 5.10 Å². The van der Waals surface area contributed by atoms with Crippen molar-refractivity contribution in [3.8, 4) is 0 Å². The van der Waals surface area contributed by atoms with Crippen molar-refractivity contribution in [2.24, 2.45) is 5.92 Å². The van der Waals surface area contributed by atoms with Crippen molar-refractivity contribution in [3.63, 3.8) is 0 Å². The maximum absolute atomic E-state index is 4.55. The third kappa shape index (κ3) is 2.01. The van der Waals surface area contributed by atoms with E-state index in [1.807, 2.05) is 0 Å². The Morgan fingerprint density at radius 2 is 2.12 bits per heavy atom. The number of hydrogen-bond acceptors (Lipinski definition) is 2. The Morgan fingerprint density at radius 1 is 1.19 bits per heavy atom. The van der Waals surface area contributed by atoms with E-state index in [9.17, 15) is 0 Å². The number of hydrogen-bond donors (Lipinski definition) is 2. The molecule has 1 unspecified atom stereocenters. The van der Waals surface area contributed by atoms with Gasteiger partial charge < -0.3 is 5.32 Å². The molecule has 1 aliphatic heterocycles. The van der Waals surface area contributed by atoms with Crippen LogP contribution in [0.5, 0.6) is 0 Å². The van der Waals surface area contributed by atoms with Crippen LogP contribution in [0.1, 0.15) is 42.6 Å². The summed E-state index contributed by atoms with van der Waals surface area (Å²) in [6, 6.07) is 0. The second-order valence-corrected chi connectivity index (χ2v) is 5.25. The molecule has 3 heteroatoms. The van der Waals surface area contributed by atoms with E-state index in [4.69, 9.17) is 0 Å². The molecule has 0 bridgehead atoms. The average molecular weight is 219 g/mol. The van der Waals surface area contributed by atoms with Crippen LogP contribution in [0.2, 0.25) is 0 Å². The van der Waals surface area contributed by atoms with Crippen molar-refractivity contribution in [2.45, 2.75) is 44.9 Å². The molecule has 0 radical (unpaired) electrons. The zero-order valence-corrected chi connectivity index (χ0v) is 9.89. The van der Waals surface area contributed by atoms with Crippen LogP contribution in [0, 0.1) is 5.92 Å². The molecule has 88 valence electrons. The molecule has 3 nitrogen and oxygen atoms in total. The maximum atomic E-state index is 4.55. The molecule has 0 aromatic carbocycles. The Bertz CT molecular complexity index is 350. The molecule has 0 saturated carbocycles. The molecule has 0 spiro atoms. The van der Waals surface area contributed by atoms with Gasteiger partial charge in [-0.25, -0.2) is 0 Å². The van der Waals surface area contributed by atoms with E-state index < -0.39 is 0 Å². The molecule has 3 rings (SSSR count). The summed E-state index contributed by atoms with van der Waals surface area (Å²) in [6.07, 6.45) is 9.03. The Kier molecular flexibility index (Phi) is 2.96. The summed E-state index contributed by atoms with van der Waals surface area (Å²) in [5, 5.41) is 11.3. The van der Waals surface area contributed by atoms with E-state index in [-0.39, 0.29) is 0 Å². The fourth-order valence-electron chi connectivity index (χ4n) is 3.06. The standard InChI is InChI=1S/C13H21N3/c1-2-4-11-12(5-3-1)15-16-13(11)8-10-6-7-14-9-10/h10,14H,1-9H2,(H,15,16). The third-order valence-electron chi connectivity index (χ3n) is 4.04. The fourth-order valence-corrected chi connectivity index (χ4v) is 3.06. The Hall–Kier alpha value is -0.830. The lowest BCUT2D eigenvalue weighted by Crippen LogP contribution is -2.11. The van der Waals surface area contributed by atoms with Crippen molar-refractivity contribution < 1.29 is 0 Å². The van der Waals surface area contributed by atoms with Gasteiger partial charge in [-0.1, -0.05) is 6.42 Å². The zero-order valence-electron chi connectivity index (χ0n) is 9.89. The molecule has 1 fully saturated rings. The number of nitrogens with zero attached hydrogens (tertiary/aromatic N) is 1. The van der Waals surface area contributed by atoms with Crippen LogP contribution < -0.4 is 5.32 Å². The first-order chi connectivity index (χ1) is 7.93. The highest BCUT2D eigenvalue weighted by atomic mass is 15.1. The van der Waals surface area contributed by atoms with Gasteiger partial charge in [0.25, 0.3) is 0 Å². The smallest absolute Gasteiger partial charge is 0.0660 e. The van der Waals surface area contributed by atoms with Crippen molar-refractivity contribution >= 4 is 0 Å². The second-order valence-electron chi connectivity index (χ2n) is 5.25. The van der Waals surface area contributed by atoms with Gasteiger partial charge in [0.05, 0.1) is 5.69 Å². The molecule has 1 aromatic rings. The lowest BCUT2D eigenvalue weighted by Gasteiger charge is -2.07. The lowest BCUT2D eigenvalue weighted by atomic mass is 9.98. The summed E-state index contributed by atoms with van der Waals surface area (Å²) in [7, 11) is 0. The Morgan fingerprint density at radius 3 is 3.00 bits per heavy atom. The highest BCUT2D eigenvalue weighted by Gasteiger charge is 2.20. The van der Waals surface area contributed by atoms with Crippen LogP contribution in [-0.4, -0.2) is 23.3 Å². The molecular weight excluding hydrogens is 198 g/mol. The lowest BCUT2D eigenvalue weighted by molar-refractivity contribution is 0.566. The van der Waals surface area contributed by atoms with E-state index in [0.29, 0.717) is 0 Å². The van der Waals surface area contributed by atoms with Crippen LogP contribution in [0.4, 0.5) is 0 Å². The van der Waals surface area contributed by atoms with E-state index >= 15 is 0 Å². The van der Waals surface area contributed by atoms with Gasteiger partial charge in [-0.15, -0.1) is 0 Å². The number of aromatic nitrogens is 2. The number of rotatable bonds is 2. The Labute approximate surface area is 97.0 Å². The summed E-state index contributed by atoms with van der Waals surface area (Å²) in [4.78, 5) is 0. The average Bonchev–Trinajstić information content (AvgIpc) is 2.86. The van der Waals surface area contributed by atoms with Crippen molar-refractivity contribution in [1.82, 2.24) is 15.5 Å². The number of fused-ring (bicyclic) bond motifs is 1. The first-order valence-corrected chi connectivity index (χ1v) is 6.69. The number of nitrogens with one attached hydrogen (secondary N) is 2. The first kappa shape index (κ1) is 10.3. The fraction of sp³-hybridized carbons (Fsp3) is 0.769. The topological polar surface area (TPSA) is 40.7 Å². The highest BCUT2D eigenvalue weighted by Crippen LogP contribution is 2.24. The predicted molar refractivity (Wildman–Crippen MR) is 64.5 cm³/mol. The third-order valence-corrected chi connectivity index (χ3v) is 4.04. The summed E-state index contributed by atoms with van der Waals surface area (Å²) in [6.45, 7) is 2.37.